The number of aromatic nitrogens is 2. The second kappa shape index (κ2) is 11.0. The van der Waals surface area contributed by atoms with Gasteiger partial charge in [-0.25, -0.2) is 9.97 Å². The predicted molar refractivity (Wildman–Crippen MR) is 147 cm³/mol. The van der Waals surface area contributed by atoms with E-state index in [1.54, 1.807) is 0 Å². The van der Waals surface area contributed by atoms with Crippen LogP contribution >= 0.6 is 23.4 Å². The Balaban J connectivity index is 1.35. The van der Waals surface area contributed by atoms with Crippen molar-refractivity contribution in [3.05, 3.63) is 64.8 Å². The largest absolute Gasteiger partial charge is 0.355 e. The van der Waals surface area contributed by atoms with Crippen molar-refractivity contribution in [1.82, 2.24) is 15.3 Å². The molecule has 2 aliphatic rings. The molecular formula is C28H29ClN4O2S. The number of nitrogens with one attached hydrogen (secondary N) is 1. The van der Waals surface area contributed by atoms with Gasteiger partial charge in [0.1, 0.15) is 0 Å². The molecule has 0 aliphatic carbocycles. The van der Waals surface area contributed by atoms with Gasteiger partial charge in [-0.1, -0.05) is 78.2 Å². The third kappa shape index (κ3) is 5.57. The summed E-state index contributed by atoms with van der Waals surface area (Å²) >= 11 is 7.27. The highest BCUT2D eigenvalue weighted by molar-refractivity contribution is 8.15. The van der Waals surface area contributed by atoms with Crippen LogP contribution in [0, 0.1) is 6.92 Å². The number of rotatable bonds is 8. The Hall–Kier alpha value is -2.90. The van der Waals surface area contributed by atoms with E-state index in [-0.39, 0.29) is 16.4 Å². The summed E-state index contributed by atoms with van der Waals surface area (Å²) in [4.78, 5) is 35.8. The van der Waals surface area contributed by atoms with Crippen LogP contribution in [0.4, 0.5) is 10.6 Å². The Morgan fingerprint density at radius 3 is 2.36 bits per heavy atom. The first kappa shape index (κ1) is 24.8. The van der Waals surface area contributed by atoms with Crippen molar-refractivity contribution in [2.75, 3.05) is 18.0 Å². The highest BCUT2D eigenvalue weighted by Crippen LogP contribution is 2.35. The standard InChI is InChI=1S/C28H29ClN4O2S/c1-18-8-10-19(11-9-18)25-24(20-12-14-21(29)15-13-20)30-22-6-5-17-33(26(22)31-25)16-4-2-3-7-23-27(34)32-28(35)36-23/h8-15,23H,2-7,16-17H2,1H3,(H,32,34,35)/t23-/m1/s1. The molecule has 1 fully saturated rings. The van der Waals surface area contributed by atoms with Crippen LogP contribution < -0.4 is 10.2 Å². The average molecular weight is 521 g/mol. The summed E-state index contributed by atoms with van der Waals surface area (Å²) in [6, 6.07) is 16.2. The number of thioether (sulfide) groups is 1. The number of carbonyl (C=O) groups excluding carboxylic acids is 2. The number of benzene rings is 2. The van der Waals surface area contributed by atoms with E-state index in [0.29, 0.717) is 5.02 Å². The molecule has 0 saturated carbocycles. The Morgan fingerprint density at radius 1 is 0.972 bits per heavy atom. The zero-order chi connectivity index (χ0) is 25.1. The molecule has 186 valence electrons. The van der Waals surface area contributed by atoms with Crippen LogP contribution in [0.3, 0.4) is 0 Å². The maximum absolute atomic E-state index is 11.8. The number of halogens is 1. The summed E-state index contributed by atoms with van der Waals surface area (Å²) in [5.74, 6) is 0.830. The number of unbranched alkanes of at least 4 members (excludes halogenated alkanes) is 2. The monoisotopic (exact) mass is 520 g/mol. The first-order valence-corrected chi connectivity index (χ1v) is 13.7. The first-order chi connectivity index (χ1) is 17.5. The molecule has 1 N–H and O–H groups in total. The van der Waals surface area contributed by atoms with Crippen molar-refractivity contribution in [1.29, 1.82) is 0 Å². The molecule has 0 spiro atoms. The molecule has 2 aromatic carbocycles. The summed E-state index contributed by atoms with van der Waals surface area (Å²) in [7, 11) is 0. The van der Waals surface area contributed by atoms with Crippen LogP contribution in [-0.2, 0) is 11.2 Å². The van der Waals surface area contributed by atoms with Crippen molar-refractivity contribution >= 4 is 40.3 Å². The Bertz CT molecular complexity index is 1260. The summed E-state index contributed by atoms with van der Waals surface area (Å²) in [6.45, 7) is 3.95. The van der Waals surface area contributed by atoms with Crippen LogP contribution in [-0.4, -0.2) is 39.5 Å². The molecule has 1 aromatic heterocycles. The van der Waals surface area contributed by atoms with Gasteiger partial charge < -0.3 is 4.90 Å². The van der Waals surface area contributed by atoms with Crippen molar-refractivity contribution < 1.29 is 9.59 Å². The van der Waals surface area contributed by atoms with Gasteiger partial charge in [0.25, 0.3) is 5.24 Å². The molecule has 36 heavy (non-hydrogen) atoms. The van der Waals surface area contributed by atoms with Gasteiger partial charge >= 0.3 is 0 Å². The maximum Gasteiger partial charge on any atom is 0.286 e. The van der Waals surface area contributed by atoms with Crippen LogP contribution in [0.15, 0.2) is 48.5 Å². The van der Waals surface area contributed by atoms with Gasteiger partial charge in [0.15, 0.2) is 5.82 Å². The molecule has 1 saturated heterocycles. The van der Waals surface area contributed by atoms with Crippen molar-refractivity contribution in [3.63, 3.8) is 0 Å². The van der Waals surface area contributed by atoms with Crippen molar-refractivity contribution in [2.24, 2.45) is 0 Å². The Kier molecular flexibility index (Phi) is 7.58. The zero-order valence-electron chi connectivity index (χ0n) is 20.3. The van der Waals surface area contributed by atoms with E-state index in [2.05, 4.69) is 41.4 Å². The van der Waals surface area contributed by atoms with Gasteiger partial charge in [-0.05, 0) is 44.7 Å². The number of fused-ring (bicyclic) bond motifs is 1. The molecule has 8 heteroatoms. The summed E-state index contributed by atoms with van der Waals surface area (Å²) in [6.07, 6.45) is 5.64. The Morgan fingerprint density at radius 2 is 1.67 bits per heavy atom. The molecule has 0 bridgehead atoms. The van der Waals surface area contributed by atoms with E-state index in [0.717, 1.165) is 97.4 Å². The molecule has 2 amide bonds. The molecule has 5 rings (SSSR count). The first-order valence-electron chi connectivity index (χ1n) is 12.5. The number of nitrogens with zero attached hydrogens (tertiary/aromatic N) is 3. The smallest absolute Gasteiger partial charge is 0.286 e. The summed E-state index contributed by atoms with van der Waals surface area (Å²) in [5, 5.41) is 2.61. The fourth-order valence-electron chi connectivity index (χ4n) is 4.76. The Labute approximate surface area is 220 Å². The third-order valence-electron chi connectivity index (χ3n) is 6.69. The second-order valence-corrected chi connectivity index (χ2v) is 11.0. The summed E-state index contributed by atoms with van der Waals surface area (Å²) in [5.41, 5.74) is 6.08. The lowest BCUT2D eigenvalue weighted by Gasteiger charge is -2.30. The fourth-order valence-corrected chi connectivity index (χ4v) is 5.75. The van der Waals surface area contributed by atoms with Gasteiger partial charge in [-0.15, -0.1) is 0 Å². The number of carbonyl (C=O) groups is 2. The average Bonchev–Trinajstić information content (AvgIpc) is 3.20. The van der Waals surface area contributed by atoms with Gasteiger partial charge in [0, 0.05) is 29.2 Å². The number of aryl methyl sites for hydroxylation is 2. The fraction of sp³-hybridized carbons (Fsp3) is 0.357. The van der Waals surface area contributed by atoms with E-state index < -0.39 is 0 Å². The molecule has 6 nitrogen and oxygen atoms in total. The molecule has 3 aromatic rings. The second-order valence-electron chi connectivity index (χ2n) is 9.39. The summed E-state index contributed by atoms with van der Waals surface area (Å²) < 4.78 is 0. The molecule has 0 radical (unpaired) electrons. The van der Waals surface area contributed by atoms with E-state index in [9.17, 15) is 9.59 Å². The topological polar surface area (TPSA) is 75.2 Å². The number of hydrogen-bond donors (Lipinski definition) is 1. The van der Waals surface area contributed by atoms with Crippen molar-refractivity contribution in [2.45, 2.75) is 50.7 Å². The minimum Gasteiger partial charge on any atom is -0.355 e. The number of amides is 2. The van der Waals surface area contributed by atoms with Crippen molar-refractivity contribution in [3.8, 4) is 22.5 Å². The SMILES string of the molecule is Cc1ccc(-c2nc3c(nc2-c2ccc(Cl)cc2)CCCN3CCCCC[C@H]2SC(=O)NC2=O)cc1. The molecule has 3 heterocycles. The number of imide groups is 1. The van der Waals surface area contributed by atoms with Crippen LogP contribution in [0.5, 0.6) is 0 Å². The highest BCUT2D eigenvalue weighted by atomic mass is 35.5. The van der Waals surface area contributed by atoms with Gasteiger partial charge in [0.2, 0.25) is 5.91 Å². The lowest BCUT2D eigenvalue weighted by Crippen LogP contribution is -2.32. The maximum atomic E-state index is 11.8. The van der Waals surface area contributed by atoms with E-state index in [1.165, 1.54) is 5.56 Å². The van der Waals surface area contributed by atoms with E-state index in [4.69, 9.17) is 21.6 Å². The molecule has 2 aliphatic heterocycles. The highest BCUT2D eigenvalue weighted by Gasteiger charge is 2.30. The van der Waals surface area contributed by atoms with Crippen LogP contribution in [0.25, 0.3) is 22.5 Å². The zero-order valence-corrected chi connectivity index (χ0v) is 21.9. The lowest BCUT2D eigenvalue weighted by atomic mass is 10.0. The molecule has 0 unspecified atom stereocenters. The quantitative estimate of drug-likeness (QED) is 0.344. The molecular weight excluding hydrogens is 492 g/mol. The van der Waals surface area contributed by atoms with E-state index >= 15 is 0 Å². The van der Waals surface area contributed by atoms with Crippen LogP contribution in [0.2, 0.25) is 5.02 Å². The number of hydrogen-bond acceptors (Lipinski definition) is 6. The molecule has 1 atom stereocenters. The minimum absolute atomic E-state index is 0.148. The predicted octanol–water partition coefficient (Wildman–Crippen LogP) is 6.44. The van der Waals surface area contributed by atoms with Gasteiger partial charge in [0.05, 0.1) is 22.3 Å². The van der Waals surface area contributed by atoms with Crippen LogP contribution in [0.1, 0.15) is 43.4 Å². The van der Waals surface area contributed by atoms with E-state index in [1.807, 2.05) is 24.3 Å². The normalized spacial score (nSPS) is 17.3. The lowest BCUT2D eigenvalue weighted by molar-refractivity contribution is -0.119. The minimum atomic E-state index is -0.234. The third-order valence-corrected chi connectivity index (χ3v) is 7.99. The van der Waals surface area contributed by atoms with Gasteiger partial charge in [-0.3, -0.25) is 14.9 Å². The number of anilines is 1. The van der Waals surface area contributed by atoms with Gasteiger partial charge in [-0.2, -0.15) is 0 Å².